The number of aromatic nitrogens is 1. The van der Waals surface area contributed by atoms with Gasteiger partial charge in [0.25, 0.3) is 5.91 Å². The lowest BCUT2D eigenvalue weighted by atomic mass is 10.2. The van der Waals surface area contributed by atoms with E-state index in [9.17, 15) is 4.79 Å². The topological polar surface area (TPSA) is 54.5 Å². The number of carbonyl (C=O) groups excluding carboxylic acids is 1. The number of rotatable bonds is 4. The van der Waals surface area contributed by atoms with Crippen molar-refractivity contribution in [1.29, 1.82) is 0 Å². The molecule has 1 fully saturated rings. The molecule has 1 amide bonds. The van der Waals surface area contributed by atoms with Crippen molar-refractivity contribution in [3.05, 3.63) is 48.2 Å². The number of pyridine rings is 1. The minimum absolute atomic E-state index is 0.165. The van der Waals surface area contributed by atoms with E-state index >= 15 is 0 Å². The SMILES string of the molecule is COc1ccc(C(=O)Nc2ccccc2N2CCCC2)cn1. The van der Waals surface area contributed by atoms with Gasteiger partial charge in [0.05, 0.1) is 24.0 Å². The average Bonchev–Trinajstić information content (AvgIpc) is 3.10. The summed E-state index contributed by atoms with van der Waals surface area (Å²) in [6, 6.07) is 11.3. The van der Waals surface area contributed by atoms with Crippen molar-refractivity contribution in [2.45, 2.75) is 12.8 Å². The summed E-state index contributed by atoms with van der Waals surface area (Å²) in [5.74, 6) is 0.329. The van der Waals surface area contributed by atoms with Crippen molar-refractivity contribution in [2.24, 2.45) is 0 Å². The minimum Gasteiger partial charge on any atom is -0.481 e. The molecule has 0 spiro atoms. The molecule has 0 bridgehead atoms. The number of benzene rings is 1. The Morgan fingerprint density at radius 2 is 1.95 bits per heavy atom. The fraction of sp³-hybridized carbons (Fsp3) is 0.294. The molecular weight excluding hydrogens is 278 g/mol. The second-order valence-electron chi connectivity index (χ2n) is 5.25. The molecule has 0 unspecified atom stereocenters. The number of methoxy groups -OCH3 is 1. The van der Waals surface area contributed by atoms with Crippen LogP contribution < -0.4 is 15.0 Å². The van der Waals surface area contributed by atoms with E-state index in [2.05, 4.69) is 15.2 Å². The van der Waals surface area contributed by atoms with Crippen LogP contribution in [0.4, 0.5) is 11.4 Å². The van der Waals surface area contributed by atoms with Gasteiger partial charge in [-0.3, -0.25) is 4.79 Å². The molecule has 0 radical (unpaired) electrons. The van der Waals surface area contributed by atoms with Crippen LogP contribution in [0.2, 0.25) is 0 Å². The van der Waals surface area contributed by atoms with Crippen LogP contribution >= 0.6 is 0 Å². The molecule has 2 heterocycles. The maximum absolute atomic E-state index is 12.4. The van der Waals surface area contributed by atoms with Crippen molar-refractivity contribution in [1.82, 2.24) is 4.98 Å². The number of anilines is 2. The standard InChI is InChI=1S/C17H19N3O2/c1-22-16-9-8-13(12-18-16)17(21)19-14-6-2-3-7-15(14)20-10-4-5-11-20/h2-3,6-9,12H,4-5,10-11H2,1H3,(H,19,21). The first kappa shape index (κ1) is 14.4. The number of nitrogens with zero attached hydrogens (tertiary/aromatic N) is 2. The highest BCUT2D eigenvalue weighted by molar-refractivity contribution is 6.05. The fourth-order valence-electron chi connectivity index (χ4n) is 2.64. The molecule has 22 heavy (non-hydrogen) atoms. The normalized spacial score (nSPS) is 14.0. The van der Waals surface area contributed by atoms with E-state index < -0.39 is 0 Å². The molecule has 2 aromatic rings. The molecule has 1 aromatic carbocycles. The average molecular weight is 297 g/mol. The van der Waals surface area contributed by atoms with Gasteiger partial charge < -0.3 is 15.0 Å². The van der Waals surface area contributed by atoms with Crippen LogP contribution in [0.1, 0.15) is 23.2 Å². The highest BCUT2D eigenvalue weighted by Crippen LogP contribution is 2.28. The van der Waals surface area contributed by atoms with E-state index in [4.69, 9.17) is 4.74 Å². The summed E-state index contributed by atoms with van der Waals surface area (Å²) in [6.07, 6.45) is 3.92. The van der Waals surface area contributed by atoms with E-state index in [0.29, 0.717) is 11.4 Å². The number of ether oxygens (including phenoxy) is 1. The molecule has 0 atom stereocenters. The molecule has 5 heteroatoms. The zero-order valence-corrected chi connectivity index (χ0v) is 12.6. The van der Waals surface area contributed by atoms with Crippen LogP contribution in [-0.4, -0.2) is 31.1 Å². The van der Waals surface area contributed by atoms with Crippen molar-refractivity contribution in [2.75, 3.05) is 30.4 Å². The van der Waals surface area contributed by atoms with Crippen molar-refractivity contribution < 1.29 is 9.53 Å². The molecule has 1 N–H and O–H groups in total. The van der Waals surface area contributed by atoms with Gasteiger partial charge in [0.15, 0.2) is 0 Å². The predicted octanol–water partition coefficient (Wildman–Crippen LogP) is 2.94. The highest BCUT2D eigenvalue weighted by atomic mass is 16.5. The fourth-order valence-corrected chi connectivity index (χ4v) is 2.64. The Labute approximate surface area is 129 Å². The maximum atomic E-state index is 12.4. The highest BCUT2D eigenvalue weighted by Gasteiger charge is 2.17. The molecule has 1 aliphatic rings. The Bertz CT molecular complexity index is 649. The lowest BCUT2D eigenvalue weighted by Gasteiger charge is -2.21. The lowest BCUT2D eigenvalue weighted by molar-refractivity contribution is 0.102. The van der Waals surface area contributed by atoms with E-state index in [1.807, 2.05) is 24.3 Å². The van der Waals surface area contributed by atoms with Crippen LogP contribution in [0.25, 0.3) is 0 Å². The van der Waals surface area contributed by atoms with Gasteiger partial charge in [0.2, 0.25) is 5.88 Å². The van der Waals surface area contributed by atoms with Gasteiger partial charge in [-0.25, -0.2) is 4.98 Å². The summed E-state index contributed by atoms with van der Waals surface area (Å²) in [5.41, 5.74) is 2.43. The number of amides is 1. The van der Waals surface area contributed by atoms with Gasteiger partial charge in [-0.15, -0.1) is 0 Å². The Morgan fingerprint density at radius 1 is 1.18 bits per heavy atom. The third-order valence-electron chi connectivity index (χ3n) is 3.81. The molecule has 0 aliphatic carbocycles. The van der Waals surface area contributed by atoms with E-state index in [0.717, 1.165) is 24.5 Å². The van der Waals surface area contributed by atoms with Crippen molar-refractivity contribution >= 4 is 17.3 Å². The zero-order valence-electron chi connectivity index (χ0n) is 12.6. The van der Waals surface area contributed by atoms with Crippen LogP contribution in [0.5, 0.6) is 5.88 Å². The van der Waals surface area contributed by atoms with Crippen molar-refractivity contribution in [3.8, 4) is 5.88 Å². The summed E-state index contributed by atoms with van der Waals surface area (Å²) in [4.78, 5) is 18.7. The third-order valence-corrected chi connectivity index (χ3v) is 3.81. The Morgan fingerprint density at radius 3 is 2.64 bits per heavy atom. The minimum atomic E-state index is -0.165. The third kappa shape index (κ3) is 3.03. The van der Waals surface area contributed by atoms with Crippen LogP contribution in [0.15, 0.2) is 42.6 Å². The Balaban J connectivity index is 1.78. The van der Waals surface area contributed by atoms with E-state index in [1.165, 1.54) is 19.0 Å². The van der Waals surface area contributed by atoms with E-state index in [1.54, 1.807) is 19.2 Å². The molecule has 114 valence electrons. The second kappa shape index (κ2) is 6.47. The quantitative estimate of drug-likeness (QED) is 0.942. The number of para-hydroxylation sites is 2. The predicted molar refractivity (Wildman–Crippen MR) is 86.6 cm³/mol. The number of hydrogen-bond acceptors (Lipinski definition) is 4. The van der Waals surface area contributed by atoms with Crippen LogP contribution in [0.3, 0.4) is 0 Å². The zero-order chi connectivity index (χ0) is 15.4. The van der Waals surface area contributed by atoms with Gasteiger partial charge in [0.1, 0.15) is 0 Å². The summed E-state index contributed by atoms with van der Waals surface area (Å²) >= 11 is 0. The maximum Gasteiger partial charge on any atom is 0.257 e. The Kier molecular flexibility index (Phi) is 4.23. The molecule has 0 saturated carbocycles. The molecule has 3 rings (SSSR count). The van der Waals surface area contributed by atoms with Crippen LogP contribution in [0, 0.1) is 0 Å². The largest absolute Gasteiger partial charge is 0.481 e. The summed E-state index contributed by atoms with van der Waals surface area (Å²) in [7, 11) is 1.55. The van der Waals surface area contributed by atoms with Gasteiger partial charge in [0, 0.05) is 25.4 Å². The lowest BCUT2D eigenvalue weighted by Crippen LogP contribution is -2.21. The summed E-state index contributed by atoms with van der Waals surface area (Å²) in [6.45, 7) is 2.08. The van der Waals surface area contributed by atoms with Gasteiger partial charge in [-0.1, -0.05) is 12.1 Å². The first-order valence-electron chi connectivity index (χ1n) is 7.43. The molecule has 1 saturated heterocycles. The first-order valence-corrected chi connectivity index (χ1v) is 7.43. The van der Waals surface area contributed by atoms with Crippen LogP contribution in [-0.2, 0) is 0 Å². The van der Waals surface area contributed by atoms with Crippen molar-refractivity contribution in [3.63, 3.8) is 0 Å². The number of hydrogen-bond donors (Lipinski definition) is 1. The second-order valence-corrected chi connectivity index (χ2v) is 5.25. The monoisotopic (exact) mass is 297 g/mol. The summed E-state index contributed by atoms with van der Waals surface area (Å²) in [5, 5.41) is 2.98. The Hall–Kier alpha value is -2.56. The van der Waals surface area contributed by atoms with Gasteiger partial charge in [-0.05, 0) is 31.0 Å². The molecule has 1 aliphatic heterocycles. The molecule has 5 nitrogen and oxygen atoms in total. The molecule has 1 aromatic heterocycles. The first-order chi connectivity index (χ1) is 10.8. The molecular formula is C17H19N3O2. The van der Waals surface area contributed by atoms with Gasteiger partial charge in [-0.2, -0.15) is 0 Å². The summed E-state index contributed by atoms with van der Waals surface area (Å²) < 4.78 is 5.00. The van der Waals surface area contributed by atoms with E-state index in [-0.39, 0.29) is 5.91 Å². The van der Waals surface area contributed by atoms with Gasteiger partial charge >= 0.3 is 0 Å². The number of nitrogens with one attached hydrogen (secondary N) is 1. The number of carbonyl (C=O) groups is 1. The smallest absolute Gasteiger partial charge is 0.257 e.